The van der Waals surface area contributed by atoms with E-state index in [9.17, 15) is 9.90 Å². The van der Waals surface area contributed by atoms with Gasteiger partial charge in [0.25, 0.3) is 0 Å². The number of aliphatic hydroxyl groups is 4. The summed E-state index contributed by atoms with van der Waals surface area (Å²) in [6, 6.07) is 0. The largest absolute Gasteiger partial charge is 1.00 e. The maximum absolute atomic E-state index is 10.3. The number of aliphatic carboxylic acids is 1. The Labute approximate surface area is 107 Å². The van der Waals surface area contributed by atoms with Crippen molar-refractivity contribution in [3.8, 4) is 0 Å². The Morgan fingerprint density at radius 1 is 1.07 bits per heavy atom. The molecule has 1 rings (SSSR count). The Morgan fingerprint density at radius 2 is 1.53 bits per heavy atom. The summed E-state index contributed by atoms with van der Waals surface area (Å²) in [4.78, 5) is 10.3. The average molecular weight is 234 g/mol. The first-order valence-electron chi connectivity index (χ1n) is 3.53. The monoisotopic (exact) mass is 234 g/mol. The van der Waals surface area contributed by atoms with Crippen LogP contribution < -0.4 is 34.7 Å². The SMILES string of the molecule is O.O=C([O-])[C@H]1O[C@H](O)[C@H](O)[C@@H](O)[C@@H]1O.[Na+]. The molecule has 0 amide bonds. The van der Waals surface area contributed by atoms with Gasteiger partial charge in [-0.3, -0.25) is 0 Å². The van der Waals surface area contributed by atoms with Gasteiger partial charge in [0.15, 0.2) is 6.29 Å². The van der Waals surface area contributed by atoms with Crippen molar-refractivity contribution in [3.63, 3.8) is 0 Å². The molecule has 0 saturated carbocycles. The van der Waals surface area contributed by atoms with Gasteiger partial charge < -0.3 is 40.5 Å². The first-order chi connectivity index (χ1) is 5.95. The van der Waals surface area contributed by atoms with Crippen LogP contribution in [0.1, 0.15) is 0 Å². The van der Waals surface area contributed by atoms with Gasteiger partial charge in [-0.25, -0.2) is 0 Å². The van der Waals surface area contributed by atoms with E-state index in [-0.39, 0.29) is 35.0 Å². The van der Waals surface area contributed by atoms with E-state index in [2.05, 4.69) is 4.74 Å². The van der Waals surface area contributed by atoms with Crippen LogP contribution in [-0.4, -0.2) is 62.6 Å². The molecule has 5 atom stereocenters. The van der Waals surface area contributed by atoms with Crippen molar-refractivity contribution in [2.75, 3.05) is 0 Å². The Morgan fingerprint density at radius 3 is 1.93 bits per heavy atom. The summed E-state index contributed by atoms with van der Waals surface area (Å²) in [5.41, 5.74) is 0. The van der Waals surface area contributed by atoms with Crippen molar-refractivity contribution in [3.05, 3.63) is 0 Å². The fraction of sp³-hybridized carbons (Fsp3) is 0.833. The van der Waals surface area contributed by atoms with Gasteiger partial charge in [-0.15, -0.1) is 0 Å². The number of ether oxygens (including phenoxy) is 1. The molecule has 84 valence electrons. The number of rotatable bonds is 1. The first kappa shape index (κ1) is 17.6. The van der Waals surface area contributed by atoms with E-state index < -0.39 is 36.7 Å². The van der Waals surface area contributed by atoms with E-state index in [1.165, 1.54) is 0 Å². The van der Waals surface area contributed by atoms with Crippen molar-refractivity contribution in [1.82, 2.24) is 0 Å². The van der Waals surface area contributed by atoms with Crippen LogP contribution in [0.5, 0.6) is 0 Å². The second-order valence-electron chi connectivity index (χ2n) is 2.74. The van der Waals surface area contributed by atoms with Gasteiger partial charge in [0.1, 0.15) is 24.4 Å². The average Bonchev–Trinajstić information content (AvgIpc) is 2.07. The number of aliphatic hydroxyl groups excluding tert-OH is 4. The molecule has 1 fully saturated rings. The third kappa shape index (κ3) is 3.63. The van der Waals surface area contributed by atoms with Crippen molar-refractivity contribution < 1.29 is 70.1 Å². The molecule has 0 aliphatic carbocycles. The zero-order valence-corrected chi connectivity index (χ0v) is 9.90. The molecule has 1 aliphatic rings. The molecule has 1 aliphatic heterocycles. The molecule has 6 N–H and O–H groups in total. The van der Waals surface area contributed by atoms with Crippen molar-refractivity contribution in [1.29, 1.82) is 0 Å². The Balaban J connectivity index is 0. The third-order valence-electron chi connectivity index (χ3n) is 1.82. The van der Waals surface area contributed by atoms with Gasteiger partial charge in [-0.2, -0.15) is 0 Å². The quantitative estimate of drug-likeness (QED) is 0.327. The van der Waals surface area contributed by atoms with Gasteiger partial charge in [0, 0.05) is 0 Å². The molecule has 0 bridgehead atoms. The van der Waals surface area contributed by atoms with Crippen molar-refractivity contribution in [2.45, 2.75) is 30.7 Å². The van der Waals surface area contributed by atoms with Crippen LogP contribution in [0.3, 0.4) is 0 Å². The van der Waals surface area contributed by atoms with Gasteiger partial charge in [0.05, 0.1) is 5.97 Å². The van der Waals surface area contributed by atoms with Crippen LogP contribution in [0.2, 0.25) is 0 Å². The van der Waals surface area contributed by atoms with E-state index in [1.807, 2.05) is 0 Å². The maximum Gasteiger partial charge on any atom is 1.00 e. The fourth-order valence-electron chi connectivity index (χ4n) is 1.06. The fourth-order valence-corrected chi connectivity index (χ4v) is 1.06. The van der Waals surface area contributed by atoms with E-state index in [1.54, 1.807) is 0 Å². The summed E-state index contributed by atoms with van der Waals surface area (Å²) >= 11 is 0. The molecule has 0 aromatic carbocycles. The maximum atomic E-state index is 10.3. The van der Waals surface area contributed by atoms with Crippen LogP contribution in [0.15, 0.2) is 0 Å². The summed E-state index contributed by atoms with van der Waals surface area (Å²) < 4.78 is 4.28. The number of carboxylic acids is 1. The summed E-state index contributed by atoms with van der Waals surface area (Å²) in [7, 11) is 0. The first-order valence-corrected chi connectivity index (χ1v) is 3.53. The molecular weight excluding hydrogens is 223 g/mol. The van der Waals surface area contributed by atoms with Crippen LogP contribution in [0.25, 0.3) is 0 Å². The van der Waals surface area contributed by atoms with E-state index in [0.717, 1.165) is 0 Å². The molecule has 0 spiro atoms. The molecule has 0 radical (unpaired) electrons. The Hall–Kier alpha value is 0.230. The minimum absolute atomic E-state index is 0. The van der Waals surface area contributed by atoms with Crippen LogP contribution in [0.4, 0.5) is 0 Å². The molecule has 0 aromatic heterocycles. The predicted molar refractivity (Wildman–Crippen MR) is 37.5 cm³/mol. The normalized spacial score (nSPS) is 39.9. The smallest absolute Gasteiger partial charge is 0.547 e. The van der Waals surface area contributed by atoms with Crippen LogP contribution >= 0.6 is 0 Å². The van der Waals surface area contributed by atoms with E-state index in [4.69, 9.17) is 20.4 Å². The minimum atomic E-state index is -1.85. The Kier molecular flexibility index (Phi) is 7.91. The number of carbonyl (C=O) groups excluding carboxylic acids is 1. The molecule has 1 heterocycles. The summed E-state index contributed by atoms with van der Waals surface area (Å²) in [6.45, 7) is 0. The van der Waals surface area contributed by atoms with Gasteiger partial charge >= 0.3 is 29.6 Å². The zero-order chi connectivity index (χ0) is 10.2. The number of hydrogen-bond acceptors (Lipinski definition) is 7. The van der Waals surface area contributed by atoms with Crippen LogP contribution in [0, 0.1) is 0 Å². The number of hydrogen-bond donors (Lipinski definition) is 4. The summed E-state index contributed by atoms with van der Waals surface area (Å²) in [6.07, 6.45) is -9.00. The molecule has 15 heavy (non-hydrogen) atoms. The van der Waals surface area contributed by atoms with Crippen LogP contribution in [-0.2, 0) is 9.53 Å². The topological polar surface area (TPSA) is 162 Å². The number of carboxylic acid groups (broad SMARTS) is 1. The molecule has 0 aromatic rings. The standard InChI is InChI=1S/C6H10O7.Na.H2O/c7-1-2(8)4(5(10)11)13-6(12)3(1)9;;/h1-4,6-9,12H,(H,10,11);;1H2/q;+1;/p-1/t1-,2-,3+,4-,6-;;/m0../s1. The third-order valence-corrected chi connectivity index (χ3v) is 1.82. The van der Waals surface area contributed by atoms with Gasteiger partial charge in [-0.05, 0) is 0 Å². The van der Waals surface area contributed by atoms with Gasteiger partial charge in [-0.1, -0.05) is 0 Å². The second kappa shape index (κ2) is 6.74. The van der Waals surface area contributed by atoms with Crippen molar-refractivity contribution in [2.24, 2.45) is 0 Å². The molecule has 9 heteroatoms. The van der Waals surface area contributed by atoms with E-state index in [0.29, 0.717) is 0 Å². The van der Waals surface area contributed by atoms with Crippen molar-refractivity contribution >= 4 is 5.97 Å². The molecule has 1 saturated heterocycles. The summed E-state index contributed by atoms with van der Waals surface area (Å²) in [5, 5.41) is 46.1. The number of carbonyl (C=O) groups is 1. The predicted octanol–water partition coefficient (Wildman–Crippen LogP) is -8.28. The molecule has 8 nitrogen and oxygen atoms in total. The molecule has 0 unspecified atom stereocenters. The summed E-state index contributed by atoms with van der Waals surface area (Å²) in [5.74, 6) is -1.77. The van der Waals surface area contributed by atoms with Gasteiger partial charge in [0.2, 0.25) is 0 Å². The molecular formula is C6H11NaO8. The zero-order valence-electron chi connectivity index (χ0n) is 7.90. The second-order valence-corrected chi connectivity index (χ2v) is 2.74. The van der Waals surface area contributed by atoms with E-state index >= 15 is 0 Å². The Bertz CT molecular complexity index is 211. The minimum Gasteiger partial charge on any atom is -0.547 e.